The molecule has 0 aliphatic heterocycles. The highest BCUT2D eigenvalue weighted by Gasteiger charge is 2.10. The summed E-state index contributed by atoms with van der Waals surface area (Å²) in [5.74, 6) is 0. The Balaban J connectivity index is 1.70. The lowest BCUT2D eigenvalue weighted by molar-refractivity contribution is 0.912. The number of hydrogen-bond acceptors (Lipinski definition) is 1. The van der Waals surface area contributed by atoms with E-state index in [-0.39, 0.29) is 0 Å². The summed E-state index contributed by atoms with van der Waals surface area (Å²) in [6.45, 7) is 2.99. The molecule has 0 radical (unpaired) electrons. The molecule has 98 valence electrons. The Bertz CT molecular complexity index is 604. The van der Waals surface area contributed by atoms with Crippen LogP contribution < -0.4 is 5.32 Å². The summed E-state index contributed by atoms with van der Waals surface area (Å²) in [6, 6.07) is 13.3. The highest BCUT2D eigenvalue weighted by atomic mass is 79.9. The van der Waals surface area contributed by atoms with Crippen LogP contribution >= 0.6 is 15.9 Å². The van der Waals surface area contributed by atoms with Crippen molar-refractivity contribution in [1.82, 2.24) is 0 Å². The van der Waals surface area contributed by atoms with Crippen LogP contribution in [0.4, 0.5) is 5.69 Å². The molecule has 0 unspecified atom stereocenters. The summed E-state index contributed by atoms with van der Waals surface area (Å²) in [4.78, 5) is 0. The molecule has 1 N–H and O–H groups in total. The van der Waals surface area contributed by atoms with Gasteiger partial charge in [-0.15, -0.1) is 0 Å². The van der Waals surface area contributed by atoms with Gasteiger partial charge >= 0.3 is 0 Å². The zero-order valence-electron chi connectivity index (χ0n) is 11.2. The van der Waals surface area contributed by atoms with Gasteiger partial charge in [-0.3, -0.25) is 0 Å². The van der Waals surface area contributed by atoms with E-state index in [4.69, 9.17) is 0 Å². The van der Waals surface area contributed by atoms with Crippen molar-refractivity contribution < 1.29 is 0 Å². The maximum atomic E-state index is 3.59. The quantitative estimate of drug-likeness (QED) is 0.853. The molecule has 0 heterocycles. The molecular formula is C17H18BrN. The maximum Gasteiger partial charge on any atom is 0.0401 e. The van der Waals surface area contributed by atoms with Crippen molar-refractivity contribution in [1.29, 1.82) is 0 Å². The van der Waals surface area contributed by atoms with E-state index in [1.807, 2.05) is 0 Å². The number of nitrogens with one attached hydrogen (secondary N) is 1. The van der Waals surface area contributed by atoms with Crippen LogP contribution in [-0.2, 0) is 19.4 Å². The third-order valence-corrected chi connectivity index (χ3v) is 4.69. The van der Waals surface area contributed by atoms with Crippen LogP contribution in [0.15, 0.2) is 40.9 Å². The van der Waals surface area contributed by atoms with Gasteiger partial charge in [0.2, 0.25) is 0 Å². The van der Waals surface area contributed by atoms with Gasteiger partial charge in [-0.1, -0.05) is 34.1 Å². The minimum absolute atomic E-state index is 0.873. The first-order valence-corrected chi connectivity index (χ1v) is 7.62. The zero-order valence-corrected chi connectivity index (χ0v) is 12.8. The topological polar surface area (TPSA) is 12.0 Å². The lowest BCUT2D eigenvalue weighted by Gasteiger charge is -2.09. The molecule has 19 heavy (non-hydrogen) atoms. The van der Waals surface area contributed by atoms with Gasteiger partial charge in [0.05, 0.1) is 0 Å². The Morgan fingerprint density at radius 3 is 2.74 bits per heavy atom. The molecule has 2 heteroatoms. The first-order chi connectivity index (χ1) is 9.22. The number of halogens is 1. The summed E-state index contributed by atoms with van der Waals surface area (Å²) >= 11 is 3.59. The molecule has 0 aromatic heterocycles. The lowest BCUT2D eigenvalue weighted by Crippen LogP contribution is -2.00. The van der Waals surface area contributed by atoms with Gasteiger partial charge < -0.3 is 5.32 Å². The van der Waals surface area contributed by atoms with Crippen molar-refractivity contribution in [2.75, 3.05) is 5.32 Å². The second kappa shape index (κ2) is 5.38. The number of hydrogen-bond donors (Lipinski definition) is 1. The Labute approximate surface area is 123 Å². The highest BCUT2D eigenvalue weighted by Crippen LogP contribution is 2.25. The normalized spacial score (nSPS) is 13.4. The van der Waals surface area contributed by atoms with Gasteiger partial charge in [0, 0.05) is 16.7 Å². The van der Waals surface area contributed by atoms with Crippen LogP contribution in [0.1, 0.15) is 28.7 Å². The molecule has 2 aromatic rings. The molecule has 1 aliphatic rings. The van der Waals surface area contributed by atoms with Crippen LogP contribution in [0.2, 0.25) is 0 Å². The SMILES string of the molecule is Cc1ccc(CNc2ccc3c(c2)CCC3)cc1Br. The molecule has 0 saturated carbocycles. The summed E-state index contributed by atoms with van der Waals surface area (Å²) in [5.41, 5.74) is 6.87. The van der Waals surface area contributed by atoms with E-state index in [0.29, 0.717) is 0 Å². The van der Waals surface area contributed by atoms with Crippen molar-refractivity contribution >= 4 is 21.6 Å². The fourth-order valence-electron chi connectivity index (χ4n) is 2.63. The molecule has 0 amide bonds. The van der Waals surface area contributed by atoms with E-state index < -0.39 is 0 Å². The number of benzene rings is 2. The van der Waals surface area contributed by atoms with Gasteiger partial charge in [-0.2, -0.15) is 0 Å². The predicted octanol–water partition coefficient (Wildman–Crippen LogP) is 4.86. The van der Waals surface area contributed by atoms with Crippen molar-refractivity contribution in [3.8, 4) is 0 Å². The standard InChI is InChI=1S/C17H18BrN/c1-12-5-6-13(9-17(12)18)11-19-16-8-7-14-3-2-4-15(14)10-16/h5-10,19H,2-4,11H2,1H3. The van der Waals surface area contributed by atoms with Crippen molar-refractivity contribution in [3.05, 3.63) is 63.1 Å². The molecule has 0 saturated heterocycles. The van der Waals surface area contributed by atoms with E-state index in [2.05, 4.69) is 64.6 Å². The molecular weight excluding hydrogens is 298 g/mol. The van der Waals surface area contributed by atoms with Crippen molar-refractivity contribution in [3.63, 3.8) is 0 Å². The molecule has 0 spiro atoms. The Kier molecular flexibility index (Phi) is 3.61. The average molecular weight is 316 g/mol. The minimum Gasteiger partial charge on any atom is -0.381 e. The van der Waals surface area contributed by atoms with Crippen LogP contribution in [0, 0.1) is 6.92 Å². The Morgan fingerprint density at radius 1 is 1.05 bits per heavy atom. The molecule has 1 aliphatic carbocycles. The van der Waals surface area contributed by atoms with Gasteiger partial charge in [0.1, 0.15) is 0 Å². The fraction of sp³-hybridized carbons (Fsp3) is 0.294. The van der Waals surface area contributed by atoms with E-state index >= 15 is 0 Å². The van der Waals surface area contributed by atoms with E-state index in [9.17, 15) is 0 Å². The molecule has 0 atom stereocenters. The number of anilines is 1. The van der Waals surface area contributed by atoms with Gasteiger partial charge in [-0.25, -0.2) is 0 Å². The molecule has 2 aromatic carbocycles. The Hall–Kier alpha value is -1.28. The first kappa shape index (κ1) is 12.7. The first-order valence-electron chi connectivity index (χ1n) is 6.83. The van der Waals surface area contributed by atoms with E-state index in [1.54, 1.807) is 0 Å². The summed E-state index contributed by atoms with van der Waals surface area (Å²) in [7, 11) is 0. The van der Waals surface area contributed by atoms with E-state index in [0.717, 1.165) is 6.54 Å². The lowest BCUT2D eigenvalue weighted by atomic mass is 10.1. The molecule has 3 rings (SSSR count). The highest BCUT2D eigenvalue weighted by molar-refractivity contribution is 9.10. The van der Waals surface area contributed by atoms with Crippen molar-refractivity contribution in [2.24, 2.45) is 0 Å². The summed E-state index contributed by atoms with van der Waals surface area (Å²) in [5, 5.41) is 3.52. The number of fused-ring (bicyclic) bond motifs is 1. The van der Waals surface area contributed by atoms with Gasteiger partial charge in [0.15, 0.2) is 0 Å². The van der Waals surface area contributed by atoms with Crippen LogP contribution in [-0.4, -0.2) is 0 Å². The second-order valence-electron chi connectivity index (χ2n) is 5.27. The second-order valence-corrected chi connectivity index (χ2v) is 6.13. The fourth-order valence-corrected chi connectivity index (χ4v) is 3.06. The van der Waals surface area contributed by atoms with Crippen LogP contribution in [0.25, 0.3) is 0 Å². The minimum atomic E-state index is 0.873. The largest absolute Gasteiger partial charge is 0.381 e. The third-order valence-electron chi connectivity index (χ3n) is 3.83. The zero-order chi connectivity index (χ0) is 13.2. The smallest absolute Gasteiger partial charge is 0.0401 e. The summed E-state index contributed by atoms with van der Waals surface area (Å²) in [6.07, 6.45) is 3.80. The van der Waals surface area contributed by atoms with Gasteiger partial charge in [-0.05, 0) is 66.6 Å². The molecule has 0 bridgehead atoms. The monoisotopic (exact) mass is 315 g/mol. The Morgan fingerprint density at radius 2 is 1.89 bits per heavy atom. The number of rotatable bonds is 3. The molecule has 0 fully saturated rings. The predicted molar refractivity (Wildman–Crippen MR) is 84.7 cm³/mol. The van der Waals surface area contributed by atoms with Crippen LogP contribution in [0.5, 0.6) is 0 Å². The molecule has 1 nitrogen and oxygen atoms in total. The summed E-state index contributed by atoms with van der Waals surface area (Å²) < 4.78 is 1.18. The third kappa shape index (κ3) is 2.84. The van der Waals surface area contributed by atoms with Crippen LogP contribution in [0.3, 0.4) is 0 Å². The van der Waals surface area contributed by atoms with Gasteiger partial charge in [0.25, 0.3) is 0 Å². The average Bonchev–Trinajstić information content (AvgIpc) is 2.87. The van der Waals surface area contributed by atoms with Crippen molar-refractivity contribution in [2.45, 2.75) is 32.7 Å². The van der Waals surface area contributed by atoms with E-state index in [1.165, 1.54) is 51.7 Å². The maximum absolute atomic E-state index is 3.59. The number of aryl methyl sites for hydroxylation is 3.